The van der Waals surface area contributed by atoms with Crippen molar-refractivity contribution < 1.29 is 18.9 Å². The Morgan fingerprint density at radius 2 is 2.14 bits per heavy atom. The van der Waals surface area contributed by atoms with Gasteiger partial charge in [0.15, 0.2) is 0 Å². The van der Waals surface area contributed by atoms with Crippen LogP contribution < -0.4 is 0 Å². The molecule has 1 aliphatic heterocycles. The Bertz CT molecular complexity index is 227. The number of hydrogen-bond donors (Lipinski definition) is 2. The van der Waals surface area contributed by atoms with Crippen molar-refractivity contribution in [3.8, 4) is 0 Å². The molecule has 1 fully saturated rings. The van der Waals surface area contributed by atoms with Gasteiger partial charge in [0.25, 0.3) is 0 Å². The van der Waals surface area contributed by atoms with E-state index in [4.69, 9.17) is 9.79 Å². The zero-order chi connectivity index (χ0) is 10.8. The maximum Gasteiger partial charge on any atom is 0.469 e. The van der Waals surface area contributed by atoms with Gasteiger partial charge in [0.2, 0.25) is 0 Å². The van der Waals surface area contributed by atoms with Crippen LogP contribution in [0.4, 0.5) is 0 Å². The fourth-order valence-electron chi connectivity index (χ4n) is 1.72. The SMILES string of the molecule is CC(C)N1CCCC(OP(=O)(O)O)C1. The van der Waals surface area contributed by atoms with Crippen molar-refractivity contribution in [2.24, 2.45) is 0 Å². The fourth-order valence-corrected chi connectivity index (χ4v) is 2.28. The topological polar surface area (TPSA) is 70.0 Å². The van der Waals surface area contributed by atoms with Crippen LogP contribution in [0.5, 0.6) is 0 Å². The Labute approximate surface area is 84.3 Å². The lowest BCUT2D eigenvalue weighted by molar-refractivity contribution is 0.0483. The summed E-state index contributed by atoms with van der Waals surface area (Å²) in [5.74, 6) is 0. The monoisotopic (exact) mass is 223 g/mol. The van der Waals surface area contributed by atoms with Gasteiger partial charge in [-0.3, -0.25) is 9.42 Å². The smallest absolute Gasteiger partial charge is 0.303 e. The van der Waals surface area contributed by atoms with Crippen molar-refractivity contribution in [3.05, 3.63) is 0 Å². The first-order valence-corrected chi connectivity index (χ1v) is 6.39. The number of piperidine rings is 1. The molecule has 1 atom stereocenters. The lowest BCUT2D eigenvalue weighted by atomic mass is 10.1. The van der Waals surface area contributed by atoms with Gasteiger partial charge in [-0.25, -0.2) is 4.57 Å². The lowest BCUT2D eigenvalue weighted by Crippen LogP contribution is -2.42. The van der Waals surface area contributed by atoms with Gasteiger partial charge in [0.1, 0.15) is 0 Å². The largest absolute Gasteiger partial charge is 0.469 e. The number of phosphoric acid groups is 1. The van der Waals surface area contributed by atoms with Gasteiger partial charge in [0.05, 0.1) is 6.10 Å². The predicted molar refractivity (Wildman–Crippen MR) is 52.9 cm³/mol. The molecular weight excluding hydrogens is 205 g/mol. The number of likely N-dealkylation sites (tertiary alicyclic amines) is 1. The second-order valence-corrected chi connectivity index (χ2v) is 5.14. The van der Waals surface area contributed by atoms with E-state index in [2.05, 4.69) is 23.3 Å². The number of phosphoric ester groups is 1. The molecule has 0 aromatic heterocycles. The van der Waals surface area contributed by atoms with E-state index in [1.54, 1.807) is 0 Å². The first-order chi connectivity index (χ1) is 6.38. The molecule has 14 heavy (non-hydrogen) atoms. The summed E-state index contributed by atoms with van der Waals surface area (Å²) in [5.41, 5.74) is 0. The molecule has 0 saturated carbocycles. The van der Waals surface area contributed by atoms with Crippen LogP contribution in [0, 0.1) is 0 Å². The molecule has 0 radical (unpaired) electrons. The van der Waals surface area contributed by atoms with Crippen LogP contribution in [0.15, 0.2) is 0 Å². The Kier molecular flexibility index (Phi) is 4.10. The predicted octanol–water partition coefficient (Wildman–Crippen LogP) is 0.968. The van der Waals surface area contributed by atoms with Crippen molar-refractivity contribution in [2.75, 3.05) is 13.1 Å². The first-order valence-electron chi connectivity index (χ1n) is 4.86. The third kappa shape index (κ3) is 4.07. The van der Waals surface area contributed by atoms with Gasteiger partial charge in [-0.15, -0.1) is 0 Å². The average molecular weight is 223 g/mol. The third-order valence-electron chi connectivity index (χ3n) is 2.43. The fraction of sp³-hybridized carbons (Fsp3) is 1.00. The molecule has 1 unspecified atom stereocenters. The molecule has 0 amide bonds. The summed E-state index contributed by atoms with van der Waals surface area (Å²) in [6.07, 6.45) is 1.34. The summed E-state index contributed by atoms with van der Waals surface area (Å²) in [5, 5.41) is 0. The van der Waals surface area contributed by atoms with Gasteiger partial charge in [0, 0.05) is 12.6 Å². The van der Waals surface area contributed by atoms with E-state index >= 15 is 0 Å². The second-order valence-electron chi connectivity index (χ2n) is 3.95. The normalized spacial score (nSPS) is 25.6. The molecule has 1 aliphatic rings. The maximum absolute atomic E-state index is 10.6. The standard InChI is InChI=1S/C8H18NO4P/c1-7(2)9-5-3-4-8(6-9)13-14(10,11)12/h7-8H,3-6H2,1-2H3,(H2,10,11,12). The molecule has 0 spiro atoms. The van der Waals surface area contributed by atoms with E-state index in [0.717, 1.165) is 19.4 Å². The quantitative estimate of drug-likeness (QED) is 0.697. The molecular formula is C8H18NO4P. The van der Waals surface area contributed by atoms with Crippen LogP contribution in [-0.2, 0) is 9.09 Å². The van der Waals surface area contributed by atoms with Crippen LogP contribution in [0.25, 0.3) is 0 Å². The summed E-state index contributed by atoms with van der Waals surface area (Å²) >= 11 is 0. The molecule has 0 aliphatic carbocycles. The Morgan fingerprint density at radius 1 is 1.50 bits per heavy atom. The maximum atomic E-state index is 10.6. The second kappa shape index (κ2) is 4.73. The Morgan fingerprint density at radius 3 is 2.64 bits per heavy atom. The highest BCUT2D eigenvalue weighted by Gasteiger charge is 2.27. The average Bonchev–Trinajstić information content (AvgIpc) is 2.01. The molecule has 1 heterocycles. The number of nitrogens with zero attached hydrogens (tertiary/aromatic N) is 1. The molecule has 1 rings (SSSR count). The molecule has 0 bridgehead atoms. The summed E-state index contributed by atoms with van der Waals surface area (Å²) in [7, 11) is -4.32. The molecule has 0 aromatic carbocycles. The minimum atomic E-state index is -4.32. The Balaban J connectivity index is 2.44. The lowest BCUT2D eigenvalue weighted by Gasteiger charge is -2.34. The molecule has 5 nitrogen and oxygen atoms in total. The van der Waals surface area contributed by atoms with Crippen molar-refractivity contribution in [2.45, 2.75) is 38.8 Å². The summed E-state index contributed by atoms with van der Waals surface area (Å²) < 4.78 is 15.3. The van der Waals surface area contributed by atoms with E-state index < -0.39 is 7.82 Å². The summed E-state index contributed by atoms with van der Waals surface area (Å²) in [4.78, 5) is 19.5. The van der Waals surface area contributed by atoms with Crippen LogP contribution in [0.2, 0.25) is 0 Å². The van der Waals surface area contributed by atoms with E-state index in [1.807, 2.05) is 0 Å². The van der Waals surface area contributed by atoms with Gasteiger partial charge < -0.3 is 9.79 Å². The molecule has 84 valence electrons. The highest BCUT2D eigenvalue weighted by atomic mass is 31.2. The summed E-state index contributed by atoms with van der Waals surface area (Å²) in [6.45, 7) is 5.74. The van der Waals surface area contributed by atoms with Gasteiger partial charge in [-0.1, -0.05) is 0 Å². The van der Waals surface area contributed by atoms with E-state index in [1.165, 1.54) is 0 Å². The van der Waals surface area contributed by atoms with Crippen molar-refractivity contribution in [1.82, 2.24) is 4.90 Å². The van der Waals surface area contributed by atoms with E-state index in [9.17, 15) is 4.57 Å². The minimum absolute atomic E-state index is 0.327. The zero-order valence-corrected chi connectivity index (χ0v) is 9.48. The van der Waals surface area contributed by atoms with Crippen LogP contribution >= 0.6 is 7.82 Å². The summed E-state index contributed by atoms with van der Waals surface area (Å²) in [6, 6.07) is 0.401. The van der Waals surface area contributed by atoms with Crippen molar-refractivity contribution in [1.29, 1.82) is 0 Å². The Hall–Kier alpha value is 0.0700. The third-order valence-corrected chi connectivity index (χ3v) is 3.00. The van der Waals surface area contributed by atoms with Crippen LogP contribution in [0.3, 0.4) is 0 Å². The van der Waals surface area contributed by atoms with Gasteiger partial charge >= 0.3 is 7.82 Å². The van der Waals surface area contributed by atoms with E-state index in [0.29, 0.717) is 12.6 Å². The number of rotatable bonds is 3. The van der Waals surface area contributed by atoms with Crippen molar-refractivity contribution >= 4 is 7.82 Å². The van der Waals surface area contributed by atoms with Crippen molar-refractivity contribution in [3.63, 3.8) is 0 Å². The zero-order valence-electron chi connectivity index (χ0n) is 8.59. The molecule has 0 aromatic rings. The first kappa shape index (κ1) is 12.1. The van der Waals surface area contributed by atoms with Crippen LogP contribution in [0.1, 0.15) is 26.7 Å². The highest BCUT2D eigenvalue weighted by Crippen LogP contribution is 2.39. The van der Waals surface area contributed by atoms with Gasteiger partial charge in [-0.05, 0) is 33.2 Å². The van der Waals surface area contributed by atoms with Crippen LogP contribution in [-0.4, -0.2) is 39.9 Å². The highest BCUT2D eigenvalue weighted by molar-refractivity contribution is 7.46. The molecule has 1 saturated heterocycles. The number of hydrogen-bond acceptors (Lipinski definition) is 3. The van der Waals surface area contributed by atoms with Gasteiger partial charge in [-0.2, -0.15) is 0 Å². The molecule has 6 heteroatoms. The van der Waals surface area contributed by atoms with E-state index in [-0.39, 0.29) is 6.10 Å². The minimum Gasteiger partial charge on any atom is -0.303 e. The molecule has 2 N–H and O–H groups in total.